The number of aromatic nitrogens is 2. The van der Waals surface area contributed by atoms with Crippen LogP contribution in [0.3, 0.4) is 0 Å². The van der Waals surface area contributed by atoms with Gasteiger partial charge in [0, 0.05) is 23.2 Å². The summed E-state index contributed by atoms with van der Waals surface area (Å²) in [7, 11) is 0. The number of aliphatic hydroxyl groups excluding tert-OH is 1. The maximum absolute atomic E-state index is 12.0. The molecule has 0 aliphatic heterocycles. The van der Waals surface area contributed by atoms with Crippen molar-refractivity contribution in [3.8, 4) is 11.3 Å². The first-order valence-corrected chi connectivity index (χ1v) is 8.09. The molecule has 1 amide bonds. The number of halogens is 1. The van der Waals surface area contributed by atoms with Gasteiger partial charge in [0.25, 0.3) is 5.91 Å². The Labute approximate surface area is 146 Å². The van der Waals surface area contributed by atoms with Crippen LogP contribution in [0.1, 0.15) is 31.1 Å². The van der Waals surface area contributed by atoms with Gasteiger partial charge in [0.05, 0.1) is 23.5 Å². The minimum atomic E-state index is -0.293. The van der Waals surface area contributed by atoms with Crippen LogP contribution in [-0.2, 0) is 0 Å². The Kier molecular flexibility index (Phi) is 6.11. The second kappa shape index (κ2) is 8.08. The van der Waals surface area contributed by atoms with Gasteiger partial charge in [-0.2, -0.15) is 0 Å². The second-order valence-electron chi connectivity index (χ2n) is 5.82. The van der Waals surface area contributed by atoms with E-state index < -0.39 is 0 Å². The summed E-state index contributed by atoms with van der Waals surface area (Å²) >= 11 is 6.20. The lowest BCUT2D eigenvalue weighted by Gasteiger charge is -2.12. The zero-order valence-corrected chi connectivity index (χ0v) is 14.6. The summed E-state index contributed by atoms with van der Waals surface area (Å²) in [4.78, 5) is 20.6. The van der Waals surface area contributed by atoms with Crippen LogP contribution >= 0.6 is 11.6 Å². The van der Waals surface area contributed by atoms with Crippen molar-refractivity contribution in [2.45, 2.75) is 32.9 Å². The molecule has 7 heteroatoms. The number of carbonyl (C=O) groups is 1. The fraction of sp³-hybridized carbons (Fsp3) is 0.353. The molecule has 1 atom stereocenters. The molecule has 0 aliphatic rings. The zero-order chi connectivity index (χ0) is 17.7. The van der Waals surface area contributed by atoms with Crippen LogP contribution in [0.2, 0.25) is 5.02 Å². The summed E-state index contributed by atoms with van der Waals surface area (Å²) < 4.78 is 0. The minimum absolute atomic E-state index is 0.105. The fourth-order valence-electron chi connectivity index (χ4n) is 2.03. The molecular weight excluding hydrogens is 328 g/mol. The Morgan fingerprint density at radius 1 is 1.25 bits per heavy atom. The van der Waals surface area contributed by atoms with Crippen molar-refractivity contribution >= 4 is 23.5 Å². The maximum Gasteiger partial charge on any atom is 0.251 e. The zero-order valence-electron chi connectivity index (χ0n) is 13.9. The number of hydrogen-bond acceptors (Lipinski definition) is 5. The predicted octanol–water partition coefficient (Wildman–Crippen LogP) is 2.73. The number of amides is 1. The van der Waals surface area contributed by atoms with Gasteiger partial charge < -0.3 is 15.7 Å². The minimum Gasteiger partial charge on any atom is -0.394 e. The molecule has 0 saturated carbocycles. The predicted molar refractivity (Wildman–Crippen MR) is 95.3 cm³/mol. The van der Waals surface area contributed by atoms with Gasteiger partial charge in [-0.05, 0) is 32.9 Å². The van der Waals surface area contributed by atoms with Crippen molar-refractivity contribution in [3.63, 3.8) is 0 Å². The van der Waals surface area contributed by atoms with Crippen LogP contribution < -0.4 is 10.6 Å². The van der Waals surface area contributed by atoms with Gasteiger partial charge in [-0.15, -0.1) is 0 Å². The Morgan fingerprint density at radius 3 is 2.50 bits per heavy atom. The van der Waals surface area contributed by atoms with E-state index in [1.165, 1.54) is 0 Å². The van der Waals surface area contributed by atoms with Crippen molar-refractivity contribution in [1.82, 2.24) is 15.3 Å². The first kappa shape index (κ1) is 18.2. The van der Waals surface area contributed by atoms with Crippen molar-refractivity contribution in [3.05, 3.63) is 41.0 Å². The Morgan fingerprint density at radius 2 is 1.92 bits per heavy atom. The number of nitrogens with zero attached hydrogens (tertiary/aromatic N) is 2. The Bertz CT molecular complexity index is 704. The summed E-state index contributed by atoms with van der Waals surface area (Å²) in [5.74, 6) is 0.266. The summed E-state index contributed by atoms with van der Waals surface area (Å²) in [6.45, 7) is 5.62. The topological polar surface area (TPSA) is 87.1 Å². The number of rotatable bonds is 6. The van der Waals surface area contributed by atoms with E-state index in [4.69, 9.17) is 16.7 Å². The maximum atomic E-state index is 12.0. The number of anilines is 1. The molecule has 0 spiro atoms. The summed E-state index contributed by atoms with van der Waals surface area (Å²) in [5.41, 5.74) is 1.90. The molecule has 0 saturated heterocycles. The van der Waals surface area contributed by atoms with Crippen LogP contribution in [0.25, 0.3) is 11.3 Å². The van der Waals surface area contributed by atoms with Crippen LogP contribution in [0.5, 0.6) is 0 Å². The van der Waals surface area contributed by atoms with Crippen molar-refractivity contribution in [2.24, 2.45) is 0 Å². The molecule has 0 unspecified atom stereocenters. The summed E-state index contributed by atoms with van der Waals surface area (Å²) in [5, 5.41) is 15.3. The Hall–Kier alpha value is -2.18. The second-order valence-corrected chi connectivity index (χ2v) is 6.23. The summed E-state index contributed by atoms with van der Waals surface area (Å²) in [6.07, 6.45) is 1.55. The van der Waals surface area contributed by atoms with E-state index in [0.717, 1.165) is 5.56 Å². The highest BCUT2D eigenvalue weighted by Crippen LogP contribution is 2.26. The van der Waals surface area contributed by atoms with Crippen LogP contribution in [-0.4, -0.2) is 39.7 Å². The Balaban J connectivity index is 2.23. The standard InChI is InChI=1S/C17H21ClN4O2/c1-10(2)20-17-19-8-14(18)15(22-17)12-4-6-13(7-5-12)16(24)21-11(3)9-23/h4-8,10-11,23H,9H2,1-3H3,(H,21,24)(H,19,20,22)/t11-/m0/s1. The molecule has 0 fully saturated rings. The van der Waals surface area contributed by atoms with Crippen molar-refractivity contribution in [1.29, 1.82) is 0 Å². The third-order valence-electron chi connectivity index (χ3n) is 3.23. The average Bonchev–Trinajstić information content (AvgIpc) is 2.56. The normalized spacial score (nSPS) is 12.1. The highest BCUT2D eigenvalue weighted by Gasteiger charge is 2.12. The van der Waals surface area contributed by atoms with Gasteiger partial charge in [-0.25, -0.2) is 9.97 Å². The SMILES string of the molecule is CC(C)Nc1ncc(Cl)c(-c2ccc(C(=O)N[C@@H](C)CO)cc2)n1. The summed E-state index contributed by atoms with van der Waals surface area (Å²) in [6, 6.07) is 6.88. The molecule has 2 rings (SSSR count). The molecule has 6 nitrogen and oxygen atoms in total. The first-order chi connectivity index (χ1) is 11.4. The van der Waals surface area contributed by atoms with Gasteiger partial charge in [0.15, 0.2) is 0 Å². The van der Waals surface area contributed by atoms with E-state index in [-0.39, 0.29) is 24.6 Å². The average molecular weight is 349 g/mol. The van der Waals surface area contributed by atoms with Crippen molar-refractivity contribution in [2.75, 3.05) is 11.9 Å². The molecule has 0 radical (unpaired) electrons. The highest BCUT2D eigenvalue weighted by atomic mass is 35.5. The number of nitrogens with one attached hydrogen (secondary N) is 2. The number of aliphatic hydroxyl groups is 1. The largest absolute Gasteiger partial charge is 0.394 e. The smallest absolute Gasteiger partial charge is 0.251 e. The van der Waals surface area contributed by atoms with Crippen molar-refractivity contribution < 1.29 is 9.90 Å². The van der Waals surface area contributed by atoms with Gasteiger partial charge in [0.1, 0.15) is 0 Å². The quantitative estimate of drug-likeness (QED) is 0.747. The molecule has 1 heterocycles. The lowest BCUT2D eigenvalue weighted by Crippen LogP contribution is -2.34. The van der Waals surface area contributed by atoms with Crippen LogP contribution in [0.15, 0.2) is 30.5 Å². The third-order valence-corrected chi connectivity index (χ3v) is 3.51. The molecular formula is C17H21ClN4O2. The molecule has 1 aromatic carbocycles. The number of benzene rings is 1. The third kappa shape index (κ3) is 4.66. The van der Waals surface area contributed by atoms with Crippen LogP contribution in [0, 0.1) is 0 Å². The van der Waals surface area contributed by atoms with E-state index in [2.05, 4.69) is 20.6 Å². The molecule has 24 heavy (non-hydrogen) atoms. The molecule has 0 bridgehead atoms. The van der Waals surface area contributed by atoms with Gasteiger partial charge in [0.2, 0.25) is 5.95 Å². The lowest BCUT2D eigenvalue weighted by molar-refractivity contribution is 0.0922. The number of hydrogen-bond donors (Lipinski definition) is 3. The molecule has 2 aromatic rings. The van der Waals surface area contributed by atoms with Crippen LogP contribution in [0.4, 0.5) is 5.95 Å². The lowest BCUT2D eigenvalue weighted by atomic mass is 10.1. The molecule has 128 valence electrons. The van der Waals surface area contributed by atoms with E-state index in [1.54, 1.807) is 37.4 Å². The highest BCUT2D eigenvalue weighted by molar-refractivity contribution is 6.32. The van der Waals surface area contributed by atoms with E-state index >= 15 is 0 Å². The van der Waals surface area contributed by atoms with E-state index in [9.17, 15) is 4.79 Å². The van der Waals surface area contributed by atoms with Gasteiger partial charge in [-0.1, -0.05) is 23.7 Å². The van der Waals surface area contributed by atoms with Gasteiger partial charge in [-0.3, -0.25) is 4.79 Å². The number of carbonyl (C=O) groups excluding carboxylic acids is 1. The molecule has 3 N–H and O–H groups in total. The molecule has 0 aliphatic carbocycles. The fourth-order valence-corrected chi connectivity index (χ4v) is 2.23. The monoisotopic (exact) mass is 348 g/mol. The molecule has 1 aromatic heterocycles. The van der Waals surface area contributed by atoms with Gasteiger partial charge >= 0.3 is 0 Å². The van der Waals surface area contributed by atoms with E-state index in [0.29, 0.717) is 22.2 Å². The van der Waals surface area contributed by atoms with E-state index in [1.807, 2.05) is 13.8 Å². The first-order valence-electron chi connectivity index (χ1n) is 7.72.